The summed E-state index contributed by atoms with van der Waals surface area (Å²) in [5.74, 6) is 0.364. The largest absolute Gasteiger partial charge is 0.482 e. The summed E-state index contributed by atoms with van der Waals surface area (Å²) in [5, 5.41) is 8.93. The van der Waals surface area contributed by atoms with Gasteiger partial charge in [-0.2, -0.15) is 5.26 Å². The molecule has 0 spiro atoms. The number of rotatable bonds is 3. The highest BCUT2D eigenvalue weighted by atomic mass is 16.5. The Kier molecular flexibility index (Phi) is 4.37. The summed E-state index contributed by atoms with van der Waals surface area (Å²) >= 11 is 0. The van der Waals surface area contributed by atoms with E-state index in [0.29, 0.717) is 31.1 Å². The van der Waals surface area contributed by atoms with Crippen LogP contribution in [-0.4, -0.2) is 43.2 Å². The van der Waals surface area contributed by atoms with Crippen molar-refractivity contribution in [2.75, 3.05) is 26.4 Å². The zero-order chi connectivity index (χ0) is 13.7. The molecule has 1 heterocycles. The SMILES string of the molecule is CC1COCCN1C(=O)COc1ccccc1C#N. The fourth-order valence-electron chi connectivity index (χ4n) is 2.00. The Hall–Kier alpha value is -2.06. The van der Waals surface area contributed by atoms with E-state index in [-0.39, 0.29) is 18.6 Å². The zero-order valence-corrected chi connectivity index (χ0v) is 10.8. The predicted octanol–water partition coefficient (Wildman–Crippen LogP) is 1.18. The van der Waals surface area contributed by atoms with Gasteiger partial charge in [-0.15, -0.1) is 0 Å². The lowest BCUT2D eigenvalue weighted by atomic mass is 10.2. The number of morpholine rings is 1. The van der Waals surface area contributed by atoms with E-state index in [9.17, 15) is 4.79 Å². The number of nitrogens with zero attached hydrogens (tertiary/aromatic N) is 2. The van der Waals surface area contributed by atoms with Crippen LogP contribution in [0.3, 0.4) is 0 Å². The van der Waals surface area contributed by atoms with Crippen LogP contribution in [-0.2, 0) is 9.53 Å². The molecule has 1 fully saturated rings. The van der Waals surface area contributed by atoms with Gasteiger partial charge < -0.3 is 14.4 Å². The van der Waals surface area contributed by atoms with E-state index in [2.05, 4.69) is 0 Å². The molecule has 0 bridgehead atoms. The van der Waals surface area contributed by atoms with Gasteiger partial charge in [0.1, 0.15) is 11.8 Å². The average molecular weight is 260 g/mol. The monoisotopic (exact) mass is 260 g/mol. The Morgan fingerprint density at radius 1 is 1.58 bits per heavy atom. The van der Waals surface area contributed by atoms with Crippen molar-refractivity contribution in [3.63, 3.8) is 0 Å². The summed E-state index contributed by atoms with van der Waals surface area (Å²) < 4.78 is 10.7. The highest BCUT2D eigenvalue weighted by Gasteiger charge is 2.24. The average Bonchev–Trinajstić information content (AvgIpc) is 2.45. The van der Waals surface area contributed by atoms with Gasteiger partial charge in [-0.1, -0.05) is 12.1 Å². The minimum atomic E-state index is -0.0801. The van der Waals surface area contributed by atoms with Crippen molar-refractivity contribution in [3.05, 3.63) is 29.8 Å². The Bertz CT molecular complexity index is 496. The first-order valence-electron chi connectivity index (χ1n) is 6.21. The minimum Gasteiger partial charge on any atom is -0.482 e. The highest BCUT2D eigenvalue weighted by molar-refractivity contribution is 5.78. The summed E-state index contributed by atoms with van der Waals surface area (Å²) in [6.07, 6.45) is 0. The minimum absolute atomic E-state index is 0.0525. The van der Waals surface area contributed by atoms with E-state index in [1.54, 1.807) is 29.2 Å². The van der Waals surface area contributed by atoms with E-state index in [4.69, 9.17) is 14.7 Å². The van der Waals surface area contributed by atoms with Crippen LogP contribution in [0, 0.1) is 11.3 Å². The van der Waals surface area contributed by atoms with Crippen molar-refractivity contribution in [1.29, 1.82) is 5.26 Å². The Balaban J connectivity index is 1.95. The van der Waals surface area contributed by atoms with Crippen LogP contribution in [0.5, 0.6) is 5.75 Å². The molecule has 5 heteroatoms. The topological polar surface area (TPSA) is 62.6 Å². The Labute approximate surface area is 112 Å². The normalized spacial score (nSPS) is 18.7. The molecular formula is C14H16N2O3. The molecule has 0 saturated carbocycles. The molecular weight excluding hydrogens is 244 g/mol. The van der Waals surface area contributed by atoms with Crippen molar-refractivity contribution in [2.45, 2.75) is 13.0 Å². The lowest BCUT2D eigenvalue weighted by molar-refractivity contribution is -0.141. The molecule has 2 rings (SSSR count). The first-order chi connectivity index (χ1) is 9.22. The maximum Gasteiger partial charge on any atom is 0.260 e. The summed E-state index contributed by atoms with van der Waals surface area (Å²) in [7, 11) is 0. The molecule has 0 aromatic heterocycles. The first kappa shape index (κ1) is 13.4. The lowest BCUT2D eigenvalue weighted by Crippen LogP contribution is -2.48. The molecule has 1 aliphatic rings. The van der Waals surface area contributed by atoms with Gasteiger partial charge in [0.25, 0.3) is 5.91 Å². The van der Waals surface area contributed by atoms with Crippen molar-refractivity contribution in [3.8, 4) is 11.8 Å². The number of carbonyl (C=O) groups excluding carboxylic acids is 1. The molecule has 1 amide bonds. The molecule has 0 aliphatic carbocycles. The van der Waals surface area contributed by atoms with Crippen molar-refractivity contribution in [1.82, 2.24) is 4.90 Å². The van der Waals surface area contributed by atoms with E-state index < -0.39 is 0 Å². The fourth-order valence-corrected chi connectivity index (χ4v) is 2.00. The van der Waals surface area contributed by atoms with E-state index in [1.807, 2.05) is 13.0 Å². The number of ether oxygens (including phenoxy) is 2. The summed E-state index contributed by atoms with van der Waals surface area (Å²) in [6.45, 7) is 3.60. The number of hydrogen-bond donors (Lipinski definition) is 0. The van der Waals surface area contributed by atoms with Crippen LogP contribution in [0.4, 0.5) is 0 Å². The van der Waals surface area contributed by atoms with Gasteiger partial charge in [0, 0.05) is 6.54 Å². The summed E-state index contributed by atoms with van der Waals surface area (Å²) in [6, 6.07) is 8.99. The molecule has 1 aromatic carbocycles. The molecule has 1 saturated heterocycles. The lowest BCUT2D eigenvalue weighted by Gasteiger charge is -2.33. The van der Waals surface area contributed by atoms with Crippen LogP contribution in [0.1, 0.15) is 12.5 Å². The van der Waals surface area contributed by atoms with Gasteiger partial charge in [-0.05, 0) is 19.1 Å². The van der Waals surface area contributed by atoms with Gasteiger partial charge in [0.05, 0.1) is 24.8 Å². The third-order valence-corrected chi connectivity index (χ3v) is 3.05. The molecule has 0 N–H and O–H groups in total. The second kappa shape index (κ2) is 6.21. The molecule has 100 valence electrons. The maximum atomic E-state index is 12.0. The fraction of sp³-hybridized carbons (Fsp3) is 0.429. The smallest absolute Gasteiger partial charge is 0.260 e. The predicted molar refractivity (Wildman–Crippen MR) is 68.6 cm³/mol. The summed E-state index contributed by atoms with van der Waals surface area (Å²) in [4.78, 5) is 13.8. The first-order valence-corrected chi connectivity index (χ1v) is 6.21. The standard InChI is InChI=1S/C14H16N2O3/c1-11-9-18-7-6-16(11)14(17)10-19-13-5-3-2-4-12(13)8-15/h2-5,11H,6-7,9-10H2,1H3. The molecule has 1 aromatic rings. The van der Waals surface area contributed by atoms with Gasteiger partial charge in [-0.25, -0.2) is 0 Å². The molecule has 1 atom stereocenters. The number of hydrogen-bond acceptors (Lipinski definition) is 4. The van der Waals surface area contributed by atoms with Gasteiger partial charge in [-0.3, -0.25) is 4.79 Å². The molecule has 0 radical (unpaired) electrons. The van der Waals surface area contributed by atoms with Crippen LogP contribution < -0.4 is 4.74 Å². The maximum absolute atomic E-state index is 12.0. The number of nitriles is 1. The number of para-hydroxylation sites is 1. The number of benzene rings is 1. The van der Waals surface area contributed by atoms with Gasteiger partial charge >= 0.3 is 0 Å². The van der Waals surface area contributed by atoms with Crippen molar-refractivity contribution < 1.29 is 14.3 Å². The second-order valence-corrected chi connectivity index (χ2v) is 4.41. The third-order valence-electron chi connectivity index (χ3n) is 3.05. The van der Waals surface area contributed by atoms with E-state index in [1.165, 1.54) is 0 Å². The number of carbonyl (C=O) groups is 1. The molecule has 19 heavy (non-hydrogen) atoms. The van der Waals surface area contributed by atoms with E-state index in [0.717, 1.165) is 0 Å². The highest BCUT2D eigenvalue weighted by Crippen LogP contribution is 2.17. The molecule has 5 nitrogen and oxygen atoms in total. The van der Waals surface area contributed by atoms with Crippen LogP contribution in [0.15, 0.2) is 24.3 Å². The van der Waals surface area contributed by atoms with Gasteiger partial charge in [0.15, 0.2) is 6.61 Å². The van der Waals surface area contributed by atoms with Crippen molar-refractivity contribution >= 4 is 5.91 Å². The zero-order valence-electron chi connectivity index (χ0n) is 10.8. The Morgan fingerprint density at radius 2 is 2.37 bits per heavy atom. The number of amides is 1. The van der Waals surface area contributed by atoms with Crippen molar-refractivity contribution in [2.24, 2.45) is 0 Å². The molecule has 1 aliphatic heterocycles. The van der Waals surface area contributed by atoms with Crippen LogP contribution >= 0.6 is 0 Å². The summed E-state index contributed by atoms with van der Waals surface area (Å²) in [5.41, 5.74) is 0.435. The second-order valence-electron chi connectivity index (χ2n) is 4.41. The third kappa shape index (κ3) is 3.24. The van der Waals surface area contributed by atoms with Gasteiger partial charge in [0.2, 0.25) is 0 Å². The Morgan fingerprint density at radius 3 is 3.11 bits per heavy atom. The van der Waals surface area contributed by atoms with Crippen LogP contribution in [0.2, 0.25) is 0 Å². The molecule has 1 unspecified atom stereocenters. The van der Waals surface area contributed by atoms with Crippen LogP contribution in [0.25, 0.3) is 0 Å². The quantitative estimate of drug-likeness (QED) is 0.818. The van der Waals surface area contributed by atoms with E-state index >= 15 is 0 Å².